The first-order chi connectivity index (χ1) is 6.70. The summed E-state index contributed by atoms with van der Waals surface area (Å²) in [6.07, 6.45) is 3.00. The largest absolute Gasteiger partial charge is 0.422 e. The highest BCUT2D eigenvalue weighted by Gasteiger charge is 2.45. The van der Waals surface area contributed by atoms with Gasteiger partial charge in [0.05, 0.1) is 0 Å². The molecule has 2 fully saturated rings. The standard InChI is InChI=1S/C8H10O4.C2H6/c9-6-5-7(10)12-8(11-6)3-1-2-4-8;1-2/h1-5H2;1-2H3. The zero-order valence-electron chi connectivity index (χ0n) is 8.67. The van der Waals surface area contributed by atoms with Gasteiger partial charge < -0.3 is 9.47 Å². The van der Waals surface area contributed by atoms with E-state index >= 15 is 0 Å². The summed E-state index contributed by atoms with van der Waals surface area (Å²) >= 11 is 0. The highest BCUT2D eigenvalue weighted by Crippen LogP contribution is 2.36. The Bertz CT molecular complexity index is 210. The molecule has 0 aromatic heterocycles. The molecular formula is C10H16O4. The van der Waals surface area contributed by atoms with E-state index in [0.717, 1.165) is 12.8 Å². The van der Waals surface area contributed by atoms with E-state index in [9.17, 15) is 9.59 Å². The zero-order chi connectivity index (χ0) is 10.6. The molecule has 0 atom stereocenters. The quantitative estimate of drug-likeness (QED) is 0.441. The molecule has 0 aromatic carbocycles. The lowest BCUT2D eigenvalue weighted by Gasteiger charge is -2.31. The smallest absolute Gasteiger partial charge is 0.320 e. The van der Waals surface area contributed by atoms with Crippen LogP contribution in [-0.2, 0) is 19.1 Å². The molecule has 1 heterocycles. The molecule has 2 aliphatic rings. The van der Waals surface area contributed by atoms with Gasteiger partial charge >= 0.3 is 11.9 Å². The van der Waals surface area contributed by atoms with Crippen LogP contribution in [0.25, 0.3) is 0 Å². The summed E-state index contributed by atoms with van der Waals surface area (Å²) < 4.78 is 10.0. The molecule has 2 rings (SSSR count). The van der Waals surface area contributed by atoms with Gasteiger partial charge in [-0.25, -0.2) is 0 Å². The third kappa shape index (κ3) is 2.25. The molecule has 14 heavy (non-hydrogen) atoms. The highest BCUT2D eigenvalue weighted by molar-refractivity contribution is 5.93. The van der Waals surface area contributed by atoms with Crippen molar-refractivity contribution in [3.8, 4) is 0 Å². The van der Waals surface area contributed by atoms with Crippen molar-refractivity contribution in [2.24, 2.45) is 0 Å². The lowest BCUT2D eigenvalue weighted by atomic mass is 10.2. The minimum absolute atomic E-state index is 0.234. The molecular weight excluding hydrogens is 184 g/mol. The Morgan fingerprint density at radius 2 is 1.43 bits per heavy atom. The summed E-state index contributed by atoms with van der Waals surface area (Å²) in [6, 6.07) is 0. The predicted molar refractivity (Wildman–Crippen MR) is 49.3 cm³/mol. The Kier molecular flexibility index (Phi) is 3.49. The number of hydrogen-bond donors (Lipinski definition) is 0. The van der Waals surface area contributed by atoms with Crippen LogP contribution >= 0.6 is 0 Å². The van der Waals surface area contributed by atoms with Crippen LogP contribution in [0.4, 0.5) is 0 Å². The minimum Gasteiger partial charge on any atom is -0.422 e. The van der Waals surface area contributed by atoms with Crippen molar-refractivity contribution in [3.63, 3.8) is 0 Å². The summed E-state index contributed by atoms with van der Waals surface area (Å²) in [6.45, 7) is 4.00. The number of rotatable bonds is 0. The van der Waals surface area contributed by atoms with Gasteiger partial charge in [0.2, 0.25) is 0 Å². The Hall–Kier alpha value is -1.06. The number of esters is 2. The van der Waals surface area contributed by atoms with Crippen molar-refractivity contribution in [3.05, 3.63) is 0 Å². The van der Waals surface area contributed by atoms with E-state index in [1.807, 2.05) is 13.8 Å². The van der Waals surface area contributed by atoms with Crippen LogP contribution in [0, 0.1) is 0 Å². The van der Waals surface area contributed by atoms with Crippen LogP contribution in [0.15, 0.2) is 0 Å². The molecule has 1 saturated carbocycles. The maximum atomic E-state index is 10.9. The third-order valence-corrected chi connectivity index (χ3v) is 2.25. The van der Waals surface area contributed by atoms with Gasteiger partial charge in [0.15, 0.2) is 0 Å². The average Bonchev–Trinajstić information content (AvgIpc) is 2.54. The van der Waals surface area contributed by atoms with E-state index < -0.39 is 17.7 Å². The number of ether oxygens (including phenoxy) is 2. The first-order valence-corrected chi connectivity index (χ1v) is 5.14. The molecule has 0 aromatic rings. The third-order valence-electron chi connectivity index (χ3n) is 2.25. The van der Waals surface area contributed by atoms with Gasteiger partial charge in [-0.1, -0.05) is 13.8 Å². The minimum atomic E-state index is -0.883. The first kappa shape index (κ1) is 11.0. The molecule has 0 radical (unpaired) electrons. The summed E-state index contributed by atoms with van der Waals surface area (Å²) in [5.41, 5.74) is 0. The topological polar surface area (TPSA) is 52.6 Å². The van der Waals surface area contributed by atoms with Gasteiger partial charge in [0.1, 0.15) is 6.42 Å². The van der Waals surface area contributed by atoms with E-state index in [4.69, 9.17) is 9.47 Å². The molecule has 1 aliphatic heterocycles. The molecule has 0 amide bonds. The van der Waals surface area contributed by atoms with Crippen LogP contribution in [0.5, 0.6) is 0 Å². The Morgan fingerprint density at radius 1 is 1.00 bits per heavy atom. The Balaban J connectivity index is 0.000000461. The van der Waals surface area contributed by atoms with Crippen molar-refractivity contribution in [2.75, 3.05) is 0 Å². The lowest BCUT2D eigenvalue weighted by molar-refractivity contribution is -0.241. The number of hydrogen-bond acceptors (Lipinski definition) is 4. The predicted octanol–water partition coefficient (Wildman–Crippen LogP) is 1.77. The lowest BCUT2D eigenvalue weighted by Crippen LogP contribution is -2.42. The van der Waals surface area contributed by atoms with Crippen molar-refractivity contribution >= 4 is 11.9 Å². The molecule has 1 aliphatic carbocycles. The van der Waals surface area contributed by atoms with Gasteiger partial charge in [-0.3, -0.25) is 9.59 Å². The monoisotopic (exact) mass is 200 g/mol. The van der Waals surface area contributed by atoms with Crippen LogP contribution in [0.3, 0.4) is 0 Å². The molecule has 4 heteroatoms. The summed E-state index contributed by atoms with van der Waals surface area (Å²) in [4.78, 5) is 21.8. The fraction of sp³-hybridized carbons (Fsp3) is 0.800. The van der Waals surface area contributed by atoms with Crippen molar-refractivity contribution < 1.29 is 19.1 Å². The average molecular weight is 200 g/mol. The Morgan fingerprint density at radius 3 is 1.86 bits per heavy atom. The van der Waals surface area contributed by atoms with E-state index in [1.54, 1.807) is 0 Å². The van der Waals surface area contributed by atoms with E-state index in [-0.39, 0.29) is 6.42 Å². The summed E-state index contributed by atoms with van der Waals surface area (Å²) in [5.74, 6) is -1.78. The van der Waals surface area contributed by atoms with Gasteiger partial charge in [-0.05, 0) is 12.8 Å². The molecule has 80 valence electrons. The maximum absolute atomic E-state index is 10.9. The second-order valence-corrected chi connectivity index (χ2v) is 3.24. The van der Waals surface area contributed by atoms with Gasteiger partial charge in [0, 0.05) is 12.8 Å². The van der Waals surface area contributed by atoms with Crippen LogP contribution in [-0.4, -0.2) is 17.7 Å². The first-order valence-electron chi connectivity index (χ1n) is 5.14. The molecule has 0 unspecified atom stereocenters. The van der Waals surface area contributed by atoms with E-state index in [0.29, 0.717) is 12.8 Å². The van der Waals surface area contributed by atoms with Crippen molar-refractivity contribution in [2.45, 2.75) is 51.7 Å². The van der Waals surface area contributed by atoms with Gasteiger partial charge in [-0.2, -0.15) is 0 Å². The van der Waals surface area contributed by atoms with E-state index in [1.165, 1.54) is 0 Å². The van der Waals surface area contributed by atoms with Crippen LogP contribution < -0.4 is 0 Å². The fourth-order valence-electron chi connectivity index (χ4n) is 1.74. The second-order valence-electron chi connectivity index (χ2n) is 3.24. The summed E-state index contributed by atoms with van der Waals surface area (Å²) in [7, 11) is 0. The summed E-state index contributed by atoms with van der Waals surface area (Å²) in [5, 5.41) is 0. The van der Waals surface area contributed by atoms with Gasteiger partial charge in [-0.15, -0.1) is 0 Å². The molecule has 1 saturated heterocycles. The van der Waals surface area contributed by atoms with E-state index in [2.05, 4.69) is 0 Å². The molecule has 0 N–H and O–H groups in total. The second kappa shape index (κ2) is 4.44. The Labute approximate surface area is 83.6 Å². The van der Waals surface area contributed by atoms with Gasteiger partial charge in [0.25, 0.3) is 5.79 Å². The fourth-order valence-corrected chi connectivity index (χ4v) is 1.74. The SMILES string of the molecule is CC.O=C1CC(=O)OC2(CCCC2)O1. The van der Waals surface area contributed by atoms with Crippen LogP contribution in [0.2, 0.25) is 0 Å². The molecule has 1 spiro atoms. The highest BCUT2D eigenvalue weighted by atomic mass is 16.7. The number of carbonyl (C=O) groups is 2. The molecule has 0 bridgehead atoms. The number of carbonyl (C=O) groups excluding carboxylic acids is 2. The van der Waals surface area contributed by atoms with Crippen molar-refractivity contribution in [1.29, 1.82) is 0 Å². The zero-order valence-corrected chi connectivity index (χ0v) is 8.67. The van der Waals surface area contributed by atoms with Crippen LogP contribution in [0.1, 0.15) is 46.0 Å². The normalized spacial score (nSPS) is 23.6. The molecule has 4 nitrogen and oxygen atoms in total. The van der Waals surface area contributed by atoms with Crippen molar-refractivity contribution in [1.82, 2.24) is 0 Å². The maximum Gasteiger partial charge on any atom is 0.320 e.